The zero-order valence-corrected chi connectivity index (χ0v) is 8.69. The summed E-state index contributed by atoms with van der Waals surface area (Å²) in [5.74, 6) is 0.776. The quantitative estimate of drug-likeness (QED) is 0.676. The van der Waals surface area contributed by atoms with Crippen molar-refractivity contribution in [2.45, 2.75) is 19.8 Å². The van der Waals surface area contributed by atoms with Gasteiger partial charge in [0.25, 0.3) is 0 Å². The molecule has 2 heteroatoms. The van der Waals surface area contributed by atoms with Crippen LogP contribution in [0.2, 0.25) is 0 Å². The number of benzene rings is 1. The van der Waals surface area contributed by atoms with Crippen LogP contribution in [0, 0.1) is 5.92 Å². The SMILES string of the molecule is CC1Cc2cc(N)cc(Br)c2C1. The van der Waals surface area contributed by atoms with E-state index >= 15 is 0 Å². The Kier molecular flexibility index (Phi) is 1.87. The molecule has 0 aliphatic heterocycles. The molecule has 1 aromatic carbocycles. The summed E-state index contributed by atoms with van der Waals surface area (Å²) in [6.07, 6.45) is 2.37. The second-order valence-electron chi connectivity index (χ2n) is 3.65. The monoisotopic (exact) mass is 225 g/mol. The van der Waals surface area contributed by atoms with Crippen LogP contribution in [0.15, 0.2) is 16.6 Å². The molecule has 1 nitrogen and oxygen atoms in total. The third-order valence-electron chi connectivity index (χ3n) is 2.43. The molecule has 2 rings (SSSR count). The fourth-order valence-corrected chi connectivity index (χ4v) is 2.60. The highest BCUT2D eigenvalue weighted by Gasteiger charge is 2.19. The average molecular weight is 226 g/mol. The number of hydrogen-bond donors (Lipinski definition) is 1. The Morgan fingerprint density at radius 2 is 2.17 bits per heavy atom. The summed E-state index contributed by atoms with van der Waals surface area (Å²) < 4.78 is 1.18. The molecule has 0 saturated carbocycles. The maximum atomic E-state index is 5.75. The Hall–Kier alpha value is -0.500. The molecule has 2 N–H and O–H groups in total. The van der Waals surface area contributed by atoms with Crippen molar-refractivity contribution >= 4 is 21.6 Å². The van der Waals surface area contributed by atoms with Gasteiger partial charge in [0, 0.05) is 10.2 Å². The van der Waals surface area contributed by atoms with Gasteiger partial charge in [0.15, 0.2) is 0 Å². The van der Waals surface area contributed by atoms with Crippen molar-refractivity contribution in [3.63, 3.8) is 0 Å². The number of nitrogen functional groups attached to an aromatic ring is 1. The lowest BCUT2D eigenvalue weighted by atomic mass is 10.1. The van der Waals surface area contributed by atoms with E-state index in [0.717, 1.165) is 11.6 Å². The third kappa shape index (κ3) is 1.24. The number of fused-ring (bicyclic) bond motifs is 1. The predicted octanol–water partition coefficient (Wildman–Crippen LogP) is 2.77. The van der Waals surface area contributed by atoms with Gasteiger partial charge in [-0.15, -0.1) is 0 Å². The third-order valence-corrected chi connectivity index (χ3v) is 3.14. The molecular weight excluding hydrogens is 214 g/mol. The fraction of sp³-hybridized carbons (Fsp3) is 0.400. The van der Waals surface area contributed by atoms with Crippen molar-refractivity contribution in [1.82, 2.24) is 0 Å². The first kappa shape index (κ1) is 8.11. The summed E-state index contributed by atoms with van der Waals surface area (Å²) in [6.45, 7) is 2.28. The minimum atomic E-state index is 0.776. The number of anilines is 1. The highest BCUT2D eigenvalue weighted by Crippen LogP contribution is 2.33. The molecular formula is C10H12BrN. The van der Waals surface area contributed by atoms with Crippen LogP contribution in [0.5, 0.6) is 0 Å². The first-order valence-corrected chi connectivity index (χ1v) is 5.03. The molecule has 1 aliphatic rings. The summed E-state index contributed by atoms with van der Waals surface area (Å²) in [7, 11) is 0. The Morgan fingerprint density at radius 3 is 2.92 bits per heavy atom. The molecule has 0 heterocycles. The van der Waals surface area contributed by atoms with Gasteiger partial charge in [0.2, 0.25) is 0 Å². The van der Waals surface area contributed by atoms with Gasteiger partial charge < -0.3 is 5.73 Å². The van der Waals surface area contributed by atoms with E-state index in [9.17, 15) is 0 Å². The van der Waals surface area contributed by atoms with Crippen molar-refractivity contribution in [3.8, 4) is 0 Å². The number of nitrogens with two attached hydrogens (primary N) is 1. The van der Waals surface area contributed by atoms with Crippen LogP contribution in [0.25, 0.3) is 0 Å². The van der Waals surface area contributed by atoms with Crippen molar-refractivity contribution in [2.24, 2.45) is 5.92 Å². The van der Waals surface area contributed by atoms with Gasteiger partial charge in [-0.2, -0.15) is 0 Å². The fourth-order valence-electron chi connectivity index (χ4n) is 1.92. The molecule has 0 saturated heterocycles. The Balaban J connectivity index is 2.52. The van der Waals surface area contributed by atoms with Gasteiger partial charge in [-0.25, -0.2) is 0 Å². The molecule has 12 heavy (non-hydrogen) atoms. The van der Waals surface area contributed by atoms with Crippen molar-refractivity contribution in [1.29, 1.82) is 0 Å². The molecule has 0 radical (unpaired) electrons. The molecule has 0 amide bonds. The van der Waals surface area contributed by atoms with E-state index in [1.807, 2.05) is 6.07 Å². The summed E-state index contributed by atoms with van der Waals surface area (Å²) in [5.41, 5.74) is 9.50. The standard InChI is InChI=1S/C10H12BrN/c1-6-2-7-4-8(12)5-10(11)9(7)3-6/h4-6H,2-3,12H2,1H3. The van der Waals surface area contributed by atoms with Crippen molar-refractivity contribution < 1.29 is 0 Å². The van der Waals surface area contributed by atoms with E-state index in [0.29, 0.717) is 0 Å². The molecule has 1 atom stereocenters. The van der Waals surface area contributed by atoms with Gasteiger partial charge >= 0.3 is 0 Å². The van der Waals surface area contributed by atoms with Crippen LogP contribution in [-0.4, -0.2) is 0 Å². The summed E-state index contributed by atoms with van der Waals surface area (Å²) in [4.78, 5) is 0. The van der Waals surface area contributed by atoms with Crippen molar-refractivity contribution in [3.05, 3.63) is 27.7 Å². The van der Waals surface area contributed by atoms with Crippen LogP contribution in [0.4, 0.5) is 5.69 Å². The minimum Gasteiger partial charge on any atom is -0.399 e. The van der Waals surface area contributed by atoms with E-state index in [1.54, 1.807) is 0 Å². The van der Waals surface area contributed by atoms with Crippen LogP contribution in [0.3, 0.4) is 0 Å². The van der Waals surface area contributed by atoms with Crippen molar-refractivity contribution in [2.75, 3.05) is 5.73 Å². The normalized spacial score (nSPS) is 21.0. The van der Waals surface area contributed by atoms with E-state index in [4.69, 9.17) is 5.73 Å². The van der Waals surface area contributed by atoms with E-state index in [1.165, 1.54) is 28.4 Å². The molecule has 1 unspecified atom stereocenters. The molecule has 1 aromatic rings. The lowest BCUT2D eigenvalue weighted by Crippen LogP contribution is -1.89. The summed E-state index contributed by atoms with van der Waals surface area (Å²) >= 11 is 3.55. The molecule has 0 spiro atoms. The molecule has 0 fully saturated rings. The maximum Gasteiger partial charge on any atom is 0.0328 e. The summed E-state index contributed by atoms with van der Waals surface area (Å²) in [5, 5.41) is 0. The molecule has 1 aliphatic carbocycles. The lowest BCUT2D eigenvalue weighted by molar-refractivity contribution is 0.627. The van der Waals surface area contributed by atoms with E-state index in [2.05, 4.69) is 28.9 Å². The Morgan fingerprint density at radius 1 is 1.42 bits per heavy atom. The average Bonchev–Trinajstić information content (AvgIpc) is 2.29. The van der Waals surface area contributed by atoms with Crippen LogP contribution < -0.4 is 5.73 Å². The zero-order valence-electron chi connectivity index (χ0n) is 7.10. The molecule has 64 valence electrons. The van der Waals surface area contributed by atoms with Gasteiger partial charge in [-0.3, -0.25) is 0 Å². The first-order valence-electron chi connectivity index (χ1n) is 4.23. The Labute approximate surface area is 81.1 Å². The smallest absolute Gasteiger partial charge is 0.0328 e. The second kappa shape index (κ2) is 2.77. The van der Waals surface area contributed by atoms with Crippen LogP contribution >= 0.6 is 15.9 Å². The van der Waals surface area contributed by atoms with E-state index < -0.39 is 0 Å². The minimum absolute atomic E-state index is 0.776. The van der Waals surface area contributed by atoms with E-state index in [-0.39, 0.29) is 0 Å². The number of hydrogen-bond acceptors (Lipinski definition) is 1. The topological polar surface area (TPSA) is 26.0 Å². The molecule has 0 aromatic heterocycles. The summed E-state index contributed by atoms with van der Waals surface area (Å²) in [6, 6.07) is 4.10. The van der Waals surface area contributed by atoms with Gasteiger partial charge in [0.05, 0.1) is 0 Å². The molecule has 0 bridgehead atoms. The predicted molar refractivity (Wildman–Crippen MR) is 55.1 cm³/mol. The zero-order chi connectivity index (χ0) is 8.72. The second-order valence-corrected chi connectivity index (χ2v) is 4.51. The van der Waals surface area contributed by atoms with Crippen LogP contribution in [0.1, 0.15) is 18.1 Å². The Bertz CT molecular complexity index is 320. The first-order chi connectivity index (χ1) is 5.66. The van der Waals surface area contributed by atoms with Gasteiger partial charge in [0.1, 0.15) is 0 Å². The largest absolute Gasteiger partial charge is 0.399 e. The van der Waals surface area contributed by atoms with Gasteiger partial charge in [-0.05, 0) is 42.0 Å². The highest BCUT2D eigenvalue weighted by molar-refractivity contribution is 9.10. The van der Waals surface area contributed by atoms with Crippen LogP contribution in [-0.2, 0) is 12.8 Å². The maximum absolute atomic E-state index is 5.75. The number of rotatable bonds is 0. The van der Waals surface area contributed by atoms with Gasteiger partial charge in [-0.1, -0.05) is 22.9 Å². The highest BCUT2D eigenvalue weighted by atomic mass is 79.9. The number of halogens is 1. The lowest BCUT2D eigenvalue weighted by Gasteiger charge is -2.03.